The third-order valence-electron chi connectivity index (χ3n) is 3.69. The second-order valence-electron chi connectivity index (χ2n) is 6.07. The van der Waals surface area contributed by atoms with Crippen molar-refractivity contribution in [1.29, 1.82) is 0 Å². The highest BCUT2D eigenvalue weighted by atomic mass is 16.5. The molecule has 2 amide bonds. The van der Waals surface area contributed by atoms with Crippen LogP contribution in [0.1, 0.15) is 25.3 Å². The number of hydrogen-bond acceptors (Lipinski definition) is 5. The molecule has 2 aromatic carbocycles. The summed E-state index contributed by atoms with van der Waals surface area (Å²) in [5.41, 5.74) is 5.73. The zero-order chi connectivity index (χ0) is 19.6. The molecule has 0 aliphatic rings. The minimum atomic E-state index is -0.486. The van der Waals surface area contributed by atoms with Gasteiger partial charge in [-0.05, 0) is 47.9 Å². The van der Waals surface area contributed by atoms with Gasteiger partial charge in [0, 0.05) is 0 Å². The Balaban J connectivity index is 1.66. The fourth-order valence-electron chi connectivity index (χ4n) is 2.13. The minimum Gasteiger partial charge on any atom is -0.497 e. The monoisotopic (exact) mass is 372 g/mol. The second-order valence-corrected chi connectivity index (χ2v) is 6.07. The highest BCUT2D eigenvalue weighted by molar-refractivity contribution is 5.83. The van der Waals surface area contributed by atoms with Gasteiger partial charge >= 0.3 is 0 Å². The fourth-order valence-corrected chi connectivity index (χ4v) is 2.13. The lowest BCUT2D eigenvalue weighted by Crippen LogP contribution is -2.45. The van der Waals surface area contributed by atoms with Crippen LogP contribution in [0.25, 0.3) is 0 Å². The molecule has 0 saturated carbocycles. The Kier molecular flexibility index (Phi) is 7.49. The van der Waals surface area contributed by atoms with E-state index in [2.05, 4.69) is 24.7 Å². The molecule has 0 spiro atoms. The molecule has 0 aliphatic heterocycles. The van der Waals surface area contributed by atoms with Crippen molar-refractivity contribution in [2.45, 2.75) is 19.8 Å². The molecule has 2 rings (SSSR count). The quantitative estimate of drug-likeness (QED) is 0.695. The topological polar surface area (TPSA) is 85.9 Å². The number of methoxy groups -OCH3 is 1. The van der Waals surface area contributed by atoms with Crippen LogP contribution in [-0.4, -0.2) is 32.1 Å². The average molecular weight is 372 g/mol. The maximum absolute atomic E-state index is 11.7. The molecular formula is C20H24N2O5. The summed E-state index contributed by atoms with van der Waals surface area (Å²) in [4.78, 5) is 23.4. The van der Waals surface area contributed by atoms with Gasteiger partial charge in [-0.1, -0.05) is 26.0 Å². The molecule has 7 nitrogen and oxygen atoms in total. The van der Waals surface area contributed by atoms with E-state index in [1.807, 2.05) is 24.3 Å². The van der Waals surface area contributed by atoms with Crippen LogP contribution in [0.4, 0.5) is 0 Å². The van der Waals surface area contributed by atoms with Crippen molar-refractivity contribution in [3.05, 3.63) is 54.1 Å². The zero-order valence-corrected chi connectivity index (χ0v) is 15.7. The highest BCUT2D eigenvalue weighted by Crippen LogP contribution is 2.18. The summed E-state index contributed by atoms with van der Waals surface area (Å²) in [6.07, 6.45) is 0. The molecule has 0 bridgehead atoms. The first kappa shape index (κ1) is 20.1. The first-order valence-corrected chi connectivity index (χ1v) is 8.55. The molecular weight excluding hydrogens is 348 g/mol. The van der Waals surface area contributed by atoms with E-state index in [4.69, 9.17) is 14.2 Å². The summed E-state index contributed by atoms with van der Waals surface area (Å²) >= 11 is 0. The third-order valence-corrected chi connectivity index (χ3v) is 3.69. The van der Waals surface area contributed by atoms with Crippen LogP contribution in [0.15, 0.2) is 48.5 Å². The molecule has 0 heterocycles. The van der Waals surface area contributed by atoms with Crippen molar-refractivity contribution in [2.24, 2.45) is 0 Å². The van der Waals surface area contributed by atoms with Gasteiger partial charge in [-0.2, -0.15) is 0 Å². The summed E-state index contributed by atoms with van der Waals surface area (Å²) in [5.74, 6) is 1.27. The number of rotatable bonds is 8. The standard InChI is InChI=1S/C20H24N2O5/c1-14(2)15-4-6-17(7-5-15)26-12-19(23)21-22-20(24)13-27-18-10-8-16(25-3)9-11-18/h4-11,14H,12-13H2,1-3H3,(H,21,23)(H,22,24). The first-order chi connectivity index (χ1) is 13.0. The van der Waals surface area contributed by atoms with Gasteiger partial charge in [0.15, 0.2) is 13.2 Å². The Morgan fingerprint density at radius 1 is 0.778 bits per heavy atom. The fraction of sp³-hybridized carbons (Fsp3) is 0.300. The van der Waals surface area contributed by atoms with Crippen LogP contribution < -0.4 is 25.1 Å². The number of ether oxygens (including phenoxy) is 3. The number of carbonyl (C=O) groups excluding carboxylic acids is 2. The molecule has 144 valence electrons. The normalized spacial score (nSPS) is 10.2. The van der Waals surface area contributed by atoms with Gasteiger partial charge < -0.3 is 14.2 Å². The number of carbonyl (C=O) groups is 2. The Bertz CT molecular complexity index is 742. The molecule has 2 N–H and O–H groups in total. The Morgan fingerprint density at radius 3 is 1.59 bits per heavy atom. The van der Waals surface area contributed by atoms with Crippen LogP contribution in [0.5, 0.6) is 17.2 Å². The number of amides is 2. The van der Waals surface area contributed by atoms with E-state index in [0.717, 1.165) is 0 Å². The van der Waals surface area contributed by atoms with E-state index in [0.29, 0.717) is 23.2 Å². The van der Waals surface area contributed by atoms with Gasteiger partial charge in [-0.15, -0.1) is 0 Å². The predicted molar refractivity (Wildman–Crippen MR) is 101 cm³/mol. The SMILES string of the molecule is COc1ccc(OCC(=O)NNC(=O)COc2ccc(C(C)C)cc2)cc1. The van der Waals surface area contributed by atoms with Crippen LogP contribution in [0.3, 0.4) is 0 Å². The lowest BCUT2D eigenvalue weighted by atomic mass is 10.0. The predicted octanol–water partition coefficient (Wildman–Crippen LogP) is 2.42. The maximum atomic E-state index is 11.7. The molecule has 0 saturated heterocycles. The van der Waals surface area contributed by atoms with Gasteiger partial charge in [-0.25, -0.2) is 0 Å². The van der Waals surface area contributed by atoms with Crippen molar-refractivity contribution in [2.75, 3.05) is 20.3 Å². The minimum absolute atomic E-state index is 0.208. The van der Waals surface area contributed by atoms with Crippen LogP contribution in [-0.2, 0) is 9.59 Å². The molecule has 0 atom stereocenters. The smallest absolute Gasteiger partial charge is 0.276 e. The van der Waals surface area contributed by atoms with Crippen molar-refractivity contribution in [1.82, 2.24) is 10.9 Å². The van der Waals surface area contributed by atoms with E-state index >= 15 is 0 Å². The number of hydrazine groups is 1. The lowest BCUT2D eigenvalue weighted by molar-refractivity contribution is -0.131. The summed E-state index contributed by atoms with van der Waals surface area (Å²) in [6, 6.07) is 14.3. The summed E-state index contributed by atoms with van der Waals surface area (Å²) < 4.78 is 15.7. The number of hydrogen-bond donors (Lipinski definition) is 2. The third kappa shape index (κ3) is 6.89. The van der Waals surface area contributed by atoms with E-state index in [9.17, 15) is 9.59 Å². The molecule has 0 aromatic heterocycles. The Morgan fingerprint density at radius 2 is 1.19 bits per heavy atom. The first-order valence-electron chi connectivity index (χ1n) is 8.55. The molecule has 7 heteroatoms. The molecule has 0 radical (unpaired) electrons. The largest absolute Gasteiger partial charge is 0.497 e. The van der Waals surface area contributed by atoms with E-state index in [-0.39, 0.29) is 13.2 Å². The van der Waals surface area contributed by atoms with Crippen molar-refractivity contribution < 1.29 is 23.8 Å². The highest BCUT2D eigenvalue weighted by Gasteiger charge is 2.07. The van der Waals surface area contributed by atoms with Crippen molar-refractivity contribution >= 4 is 11.8 Å². The van der Waals surface area contributed by atoms with Crippen LogP contribution in [0, 0.1) is 0 Å². The van der Waals surface area contributed by atoms with E-state index in [1.165, 1.54) is 5.56 Å². The Labute approximate surface area is 158 Å². The number of nitrogens with one attached hydrogen (secondary N) is 2. The van der Waals surface area contributed by atoms with Crippen LogP contribution >= 0.6 is 0 Å². The van der Waals surface area contributed by atoms with E-state index in [1.54, 1.807) is 31.4 Å². The molecule has 2 aromatic rings. The molecule has 0 fully saturated rings. The summed E-state index contributed by atoms with van der Waals surface area (Å²) in [7, 11) is 1.57. The average Bonchev–Trinajstić information content (AvgIpc) is 2.69. The van der Waals surface area contributed by atoms with Gasteiger partial charge in [0.05, 0.1) is 7.11 Å². The van der Waals surface area contributed by atoms with Gasteiger partial charge in [0.1, 0.15) is 17.2 Å². The second kappa shape index (κ2) is 10.1. The van der Waals surface area contributed by atoms with Crippen molar-refractivity contribution in [3.63, 3.8) is 0 Å². The van der Waals surface area contributed by atoms with Gasteiger partial charge in [0.2, 0.25) is 0 Å². The molecule has 0 unspecified atom stereocenters. The summed E-state index contributed by atoms with van der Waals surface area (Å²) in [6.45, 7) is 3.76. The molecule has 0 aliphatic carbocycles. The summed E-state index contributed by atoms with van der Waals surface area (Å²) in [5, 5.41) is 0. The van der Waals surface area contributed by atoms with Crippen molar-refractivity contribution in [3.8, 4) is 17.2 Å². The molecule has 27 heavy (non-hydrogen) atoms. The van der Waals surface area contributed by atoms with Crippen LogP contribution in [0.2, 0.25) is 0 Å². The Hall–Kier alpha value is -3.22. The lowest BCUT2D eigenvalue weighted by Gasteiger charge is -2.11. The zero-order valence-electron chi connectivity index (χ0n) is 15.7. The van der Waals surface area contributed by atoms with Gasteiger partial charge in [0.25, 0.3) is 11.8 Å². The van der Waals surface area contributed by atoms with Gasteiger partial charge in [-0.3, -0.25) is 20.4 Å². The number of benzene rings is 2. The maximum Gasteiger partial charge on any atom is 0.276 e. The van der Waals surface area contributed by atoms with E-state index < -0.39 is 11.8 Å².